The van der Waals surface area contributed by atoms with Crippen LogP contribution in [0, 0.1) is 46.3 Å². The van der Waals surface area contributed by atoms with Crippen LogP contribution in [0.15, 0.2) is 16.8 Å². The summed E-state index contributed by atoms with van der Waals surface area (Å²) in [7, 11) is 0. The summed E-state index contributed by atoms with van der Waals surface area (Å²) in [5.41, 5.74) is 3.22. The van der Waals surface area contributed by atoms with Gasteiger partial charge in [-0.05, 0) is 85.4 Å². The molecule has 1 spiro atoms. The highest BCUT2D eigenvalue weighted by molar-refractivity contribution is 5.87. The Labute approximate surface area is 187 Å². The van der Waals surface area contributed by atoms with Gasteiger partial charge in [0, 0.05) is 18.8 Å². The Hall–Kier alpha value is -0.870. The third kappa shape index (κ3) is 2.70. The minimum absolute atomic E-state index is 0.298. The molecule has 0 aromatic rings. The van der Waals surface area contributed by atoms with Gasteiger partial charge >= 0.3 is 0 Å². The van der Waals surface area contributed by atoms with E-state index in [1.807, 2.05) is 0 Å². The second kappa shape index (κ2) is 6.82. The molecular weight excluding hydrogens is 386 g/mol. The van der Waals surface area contributed by atoms with Crippen LogP contribution in [0.2, 0.25) is 0 Å². The normalized spacial score (nSPS) is 57.2. The van der Waals surface area contributed by atoms with Gasteiger partial charge in [-0.3, -0.25) is 0 Å². The van der Waals surface area contributed by atoms with E-state index in [2.05, 4.69) is 38.9 Å². The second-order valence-electron chi connectivity index (χ2n) is 12.6. The topological polar surface area (TPSA) is 51.0 Å². The van der Waals surface area contributed by atoms with Crippen LogP contribution in [0.4, 0.5) is 0 Å². The summed E-state index contributed by atoms with van der Waals surface area (Å²) in [5.74, 6) is 3.83. The van der Waals surface area contributed by atoms with Crippen molar-refractivity contribution in [2.45, 2.75) is 97.4 Å². The van der Waals surface area contributed by atoms with Gasteiger partial charge in [0.2, 0.25) is 0 Å². The molecule has 5 fully saturated rings. The van der Waals surface area contributed by atoms with Crippen molar-refractivity contribution in [2.75, 3.05) is 6.61 Å². The number of nitrogens with zero attached hydrogens (tertiary/aromatic N) is 1. The van der Waals surface area contributed by atoms with Gasteiger partial charge in [0.1, 0.15) is 0 Å². The summed E-state index contributed by atoms with van der Waals surface area (Å²) >= 11 is 0. The lowest BCUT2D eigenvalue weighted by molar-refractivity contribution is -0.272. The SMILES string of the molecule is C[C@@H]1CC[C@@]2(OC1)O[C@H]1C[C@H]3[C@@H]4CC=C5C/C(=N\O)CC[C@]5(C)[C@H]4CC[C@]3(C)[C@H]1[C@@H]2C. The van der Waals surface area contributed by atoms with Gasteiger partial charge < -0.3 is 14.7 Å². The fourth-order valence-electron chi connectivity index (χ4n) is 9.59. The first-order valence-electron chi connectivity index (χ1n) is 13.0. The van der Waals surface area contributed by atoms with Crippen molar-refractivity contribution in [3.05, 3.63) is 11.6 Å². The molecule has 2 heterocycles. The smallest absolute Gasteiger partial charge is 0.171 e. The zero-order valence-electron chi connectivity index (χ0n) is 19.9. The van der Waals surface area contributed by atoms with Crippen LogP contribution in [-0.4, -0.2) is 29.4 Å². The van der Waals surface area contributed by atoms with E-state index in [0.717, 1.165) is 55.8 Å². The lowest BCUT2D eigenvalue weighted by Crippen LogP contribution is -2.52. The molecule has 6 aliphatic rings. The lowest BCUT2D eigenvalue weighted by atomic mass is 9.47. The van der Waals surface area contributed by atoms with Crippen LogP contribution in [0.3, 0.4) is 0 Å². The van der Waals surface area contributed by atoms with Gasteiger partial charge in [0.25, 0.3) is 0 Å². The van der Waals surface area contributed by atoms with E-state index in [9.17, 15) is 5.21 Å². The van der Waals surface area contributed by atoms with E-state index in [-0.39, 0.29) is 5.79 Å². The Bertz CT molecular complexity index is 811. The molecule has 172 valence electrons. The van der Waals surface area contributed by atoms with Gasteiger partial charge in [0.15, 0.2) is 5.79 Å². The third-order valence-electron chi connectivity index (χ3n) is 11.4. The third-order valence-corrected chi connectivity index (χ3v) is 11.4. The van der Waals surface area contributed by atoms with Crippen LogP contribution in [-0.2, 0) is 9.47 Å². The molecule has 10 atom stereocenters. The molecule has 0 bridgehead atoms. The molecule has 0 aromatic heterocycles. The summed E-state index contributed by atoms with van der Waals surface area (Å²) in [4.78, 5) is 0. The first-order chi connectivity index (χ1) is 14.8. The summed E-state index contributed by atoms with van der Waals surface area (Å²) in [6.45, 7) is 10.7. The number of hydrogen-bond acceptors (Lipinski definition) is 4. The Morgan fingerprint density at radius 1 is 1.10 bits per heavy atom. The van der Waals surface area contributed by atoms with E-state index in [1.165, 1.54) is 32.1 Å². The molecule has 1 N–H and O–H groups in total. The fourth-order valence-corrected chi connectivity index (χ4v) is 9.59. The van der Waals surface area contributed by atoms with Crippen molar-refractivity contribution in [1.82, 2.24) is 0 Å². The van der Waals surface area contributed by atoms with Gasteiger partial charge in [-0.15, -0.1) is 0 Å². The molecule has 2 saturated heterocycles. The quantitative estimate of drug-likeness (QED) is 0.285. The number of ether oxygens (including phenoxy) is 2. The molecule has 3 saturated carbocycles. The van der Waals surface area contributed by atoms with Crippen LogP contribution in [0.1, 0.15) is 85.5 Å². The fraction of sp³-hybridized carbons (Fsp3) is 0.889. The summed E-state index contributed by atoms with van der Waals surface area (Å²) in [6.07, 6.45) is 13.4. The van der Waals surface area contributed by atoms with Gasteiger partial charge in [0.05, 0.1) is 18.4 Å². The summed E-state index contributed by atoms with van der Waals surface area (Å²) in [5, 5.41) is 12.9. The Kier molecular flexibility index (Phi) is 4.56. The number of allylic oxidation sites excluding steroid dienone is 2. The molecule has 4 aliphatic carbocycles. The minimum atomic E-state index is -0.304. The number of rotatable bonds is 0. The number of fused-ring (bicyclic) bond motifs is 7. The maximum atomic E-state index is 9.33. The molecule has 0 unspecified atom stereocenters. The minimum Gasteiger partial charge on any atom is -0.411 e. The van der Waals surface area contributed by atoms with E-state index in [1.54, 1.807) is 5.57 Å². The highest BCUT2D eigenvalue weighted by atomic mass is 16.7. The molecule has 4 nitrogen and oxygen atoms in total. The number of oxime groups is 1. The lowest BCUT2D eigenvalue weighted by Gasteiger charge is -2.58. The molecule has 0 radical (unpaired) electrons. The van der Waals surface area contributed by atoms with Gasteiger partial charge in [-0.2, -0.15) is 0 Å². The predicted octanol–water partition coefficient (Wildman–Crippen LogP) is 6.18. The Morgan fingerprint density at radius 3 is 2.68 bits per heavy atom. The Balaban J connectivity index is 1.28. The van der Waals surface area contributed by atoms with Gasteiger partial charge in [-0.1, -0.05) is 44.5 Å². The molecule has 31 heavy (non-hydrogen) atoms. The monoisotopic (exact) mass is 427 g/mol. The first-order valence-corrected chi connectivity index (χ1v) is 13.0. The van der Waals surface area contributed by atoms with Crippen molar-refractivity contribution in [3.63, 3.8) is 0 Å². The van der Waals surface area contributed by atoms with Crippen LogP contribution in [0.25, 0.3) is 0 Å². The molecular formula is C27H41NO3. The molecule has 4 heteroatoms. The highest BCUT2D eigenvalue weighted by Crippen LogP contribution is 2.70. The van der Waals surface area contributed by atoms with Crippen molar-refractivity contribution in [3.8, 4) is 0 Å². The molecule has 0 aromatic carbocycles. The predicted molar refractivity (Wildman–Crippen MR) is 121 cm³/mol. The maximum Gasteiger partial charge on any atom is 0.171 e. The second-order valence-corrected chi connectivity index (χ2v) is 12.6. The van der Waals surface area contributed by atoms with Gasteiger partial charge in [-0.25, -0.2) is 0 Å². The maximum absolute atomic E-state index is 9.33. The van der Waals surface area contributed by atoms with E-state index in [4.69, 9.17) is 9.47 Å². The van der Waals surface area contributed by atoms with Crippen LogP contribution < -0.4 is 0 Å². The van der Waals surface area contributed by atoms with Crippen LogP contribution in [0.5, 0.6) is 0 Å². The first kappa shape index (κ1) is 20.7. The molecule has 0 amide bonds. The zero-order valence-corrected chi connectivity index (χ0v) is 19.9. The standard InChI is InChI=1S/C27H41NO3/c1-16-7-12-27(30-15-16)17(2)24-23(31-27)14-22-20-6-5-18-13-19(28-29)8-10-25(18,3)21(20)9-11-26(22,24)4/h5,16-17,20-24,29H,6-15H2,1-4H3/b28-19-/t16-,17+,20-,21+,22+,23+,24+,25+,26+,27-/m1/s1. The average molecular weight is 428 g/mol. The van der Waals surface area contributed by atoms with Crippen LogP contribution >= 0.6 is 0 Å². The van der Waals surface area contributed by atoms with Crippen molar-refractivity contribution >= 4 is 5.71 Å². The molecule has 2 aliphatic heterocycles. The van der Waals surface area contributed by atoms with E-state index in [0.29, 0.717) is 34.7 Å². The highest BCUT2D eigenvalue weighted by Gasteiger charge is 2.68. The van der Waals surface area contributed by atoms with Crippen molar-refractivity contribution < 1.29 is 14.7 Å². The average Bonchev–Trinajstić information content (AvgIpc) is 3.20. The molecule has 6 rings (SSSR count). The number of hydrogen-bond donors (Lipinski definition) is 1. The van der Waals surface area contributed by atoms with Crippen molar-refractivity contribution in [1.29, 1.82) is 0 Å². The zero-order chi connectivity index (χ0) is 21.6. The van der Waals surface area contributed by atoms with E-state index < -0.39 is 0 Å². The van der Waals surface area contributed by atoms with E-state index >= 15 is 0 Å². The summed E-state index contributed by atoms with van der Waals surface area (Å²) in [6, 6.07) is 0. The largest absolute Gasteiger partial charge is 0.411 e. The van der Waals surface area contributed by atoms with Crippen molar-refractivity contribution in [2.24, 2.45) is 51.5 Å². The summed E-state index contributed by atoms with van der Waals surface area (Å²) < 4.78 is 13.4. The Morgan fingerprint density at radius 2 is 1.94 bits per heavy atom.